The smallest absolute Gasteiger partial charge is 0.276 e. The second kappa shape index (κ2) is 6.59. The van der Waals surface area contributed by atoms with Gasteiger partial charge in [-0.1, -0.05) is 11.3 Å². The SMILES string of the molecule is O=C(c1cn(C[C@@H](O)c2cccs2)nn1)N1CCSCC1. The summed E-state index contributed by atoms with van der Waals surface area (Å²) in [6.07, 6.45) is 0.988. The van der Waals surface area contributed by atoms with E-state index in [0.29, 0.717) is 12.2 Å². The lowest BCUT2D eigenvalue weighted by molar-refractivity contribution is 0.0766. The van der Waals surface area contributed by atoms with Gasteiger partial charge in [-0.3, -0.25) is 4.79 Å². The van der Waals surface area contributed by atoms with Crippen molar-refractivity contribution in [3.05, 3.63) is 34.3 Å². The summed E-state index contributed by atoms with van der Waals surface area (Å²) in [5.41, 5.74) is 0.347. The summed E-state index contributed by atoms with van der Waals surface area (Å²) in [5, 5.41) is 19.9. The van der Waals surface area contributed by atoms with Crippen molar-refractivity contribution in [2.24, 2.45) is 0 Å². The number of aliphatic hydroxyl groups excluding tert-OH is 1. The number of aromatic nitrogens is 3. The minimum absolute atomic E-state index is 0.0767. The van der Waals surface area contributed by atoms with Crippen molar-refractivity contribution in [3.63, 3.8) is 0 Å². The molecule has 1 amide bonds. The molecule has 21 heavy (non-hydrogen) atoms. The van der Waals surface area contributed by atoms with Crippen molar-refractivity contribution in [2.45, 2.75) is 12.6 Å². The molecule has 0 radical (unpaired) electrons. The zero-order valence-corrected chi connectivity index (χ0v) is 13.0. The molecule has 1 atom stereocenters. The van der Waals surface area contributed by atoms with Crippen LogP contribution in [0.1, 0.15) is 21.5 Å². The third-order valence-corrected chi connectivity index (χ3v) is 5.20. The Morgan fingerprint density at radius 3 is 2.95 bits per heavy atom. The summed E-state index contributed by atoms with van der Waals surface area (Å²) in [7, 11) is 0. The molecule has 0 aromatic carbocycles. The number of hydrogen-bond acceptors (Lipinski definition) is 6. The lowest BCUT2D eigenvalue weighted by Crippen LogP contribution is -2.38. The van der Waals surface area contributed by atoms with Crippen molar-refractivity contribution >= 4 is 29.0 Å². The maximum Gasteiger partial charge on any atom is 0.276 e. The Morgan fingerprint density at radius 1 is 1.43 bits per heavy atom. The van der Waals surface area contributed by atoms with Crippen molar-refractivity contribution in [1.29, 1.82) is 0 Å². The van der Waals surface area contributed by atoms with Crippen molar-refractivity contribution in [2.75, 3.05) is 24.6 Å². The Kier molecular flexibility index (Phi) is 4.57. The lowest BCUT2D eigenvalue weighted by Gasteiger charge is -2.25. The molecule has 1 fully saturated rings. The normalized spacial score (nSPS) is 16.9. The highest BCUT2D eigenvalue weighted by molar-refractivity contribution is 7.99. The van der Waals surface area contributed by atoms with E-state index in [0.717, 1.165) is 29.5 Å². The highest BCUT2D eigenvalue weighted by Gasteiger charge is 2.21. The van der Waals surface area contributed by atoms with Gasteiger partial charge in [0.2, 0.25) is 0 Å². The highest BCUT2D eigenvalue weighted by Crippen LogP contribution is 2.20. The molecule has 1 aliphatic heterocycles. The summed E-state index contributed by atoms with van der Waals surface area (Å²) >= 11 is 3.35. The average molecular weight is 324 g/mol. The van der Waals surface area contributed by atoms with E-state index in [4.69, 9.17) is 0 Å². The molecule has 1 saturated heterocycles. The number of hydrogen-bond donors (Lipinski definition) is 1. The van der Waals surface area contributed by atoms with Gasteiger partial charge < -0.3 is 10.0 Å². The van der Waals surface area contributed by atoms with Crippen LogP contribution in [0, 0.1) is 0 Å². The molecule has 3 heterocycles. The van der Waals surface area contributed by atoms with Crippen LogP contribution in [0.3, 0.4) is 0 Å². The molecule has 0 aliphatic carbocycles. The lowest BCUT2D eigenvalue weighted by atomic mass is 10.3. The average Bonchev–Trinajstić information content (AvgIpc) is 3.19. The first-order valence-electron chi connectivity index (χ1n) is 6.72. The molecule has 0 unspecified atom stereocenters. The Labute approximate surface area is 130 Å². The molecule has 3 rings (SSSR count). The van der Waals surface area contributed by atoms with Crippen LogP contribution in [0.2, 0.25) is 0 Å². The minimum atomic E-state index is -0.624. The molecule has 1 aliphatic rings. The molecule has 1 N–H and O–H groups in total. The summed E-state index contributed by atoms with van der Waals surface area (Å²) in [5.74, 6) is 1.86. The van der Waals surface area contributed by atoms with Crippen LogP contribution in [0.15, 0.2) is 23.7 Å². The van der Waals surface area contributed by atoms with Gasteiger partial charge in [0.1, 0.15) is 6.10 Å². The molecule has 8 heteroatoms. The zero-order chi connectivity index (χ0) is 14.7. The first-order valence-corrected chi connectivity index (χ1v) is 8.76. The number of amides is 1. The van der Waals surface area contributed by atoms with Crippen LogP contribution in [0.5, 0.6) is 0 Å². The molecule has 6 nitrogen and oxygen atoms in total. The Bertz CT molecular complexity index is 593. The van der Waals surface area contributed by atoms with Gasteiger partial charge in [-0.25, -0.2) is 4.68 Å². The fourth-order valence-corrected chi connectivity index (χ4v) is 3.77. The van der Waals surface area contributed by atoms with Crippen LogP contribution < -0.4 is 0 Å². The monoisotopic (exact) mass is 324 g/mol. The van der Waals surface area contributed by atoms with E-state index >= 15 is 0 Å². The van der Waals surface area contributed by atoms with Gasteiger partial charge in [0, 0.05) is 29.5 Å². The summed E-state index contributed by atoms with van der Waals surface area (Å²) in [4.78, 5) is 15.0. The first-order chi connectivity index (χ1) is 10.2. The van der Waals surface area contributed by atoms with Crippen LogP contribution in [0.4, 0.5) is 0 Å². The number of rotatable bonds is 4. The van der Waals surface area contributed by atoms with E-state index in [1.54, 1.807) is 11.1 Å². The number of carbonyl (C=O) groups is 1. The predicted octanol–water partition coefficient (Wildman–Crippen LogP) is 1.26. The van der Waals surface area contributed by atoms with Gasteiger partial charge in [0.15, 0.2) is 5.69 Å². The van der Waals surface area contributed by atoms with Gasteiger partial charge in [-0.15, -0.1) is 16.4 Å². The molecule has 0 spiro atoms. The van der Waals surface area contributed by atoms with Crippen molar-refractivity contribution < 1.29 is 9.90 Å². The molecule has 0 bridgehead atoms. The quantitative estimate of drug-likeness (QED) is 0.917. The largest absolute Gasteiger partial charge is 0.386 e. The third-order valence-electron chi connectivity index (χ3n) is 3.29. The van der Waals surface area contributed by atoms with Gasteiger partial charge in [0.05, 0.1) is 12.7 Å². The second-order valence-corrected chi connectivity index (χ2v) is 6.97. The Hall–Kier alpha value is -1.38. The van der Waals surface area contributed by atoms with Gasteiger partial charge in [-0.05, 0) is 11.4 Å². The van der Waals surface area contributed by atoms with Crippen LogP contribution in [0.25, 0.3) is 0 Å². The summed E-state index contributed by atoms with van der Waals surface area (Å²) in [6, 6.07) is 3.78. The van der Waals surface area contributed by atoms with Crippen molar-refractivity contribution in [3.8, 4) is 0 Å². The van der Waals surface area contributed by atoms with E-state index < -0.39 is 6.10 Å². The van der Waals surface area contributed by atoms with Crippen LogP contribution >= 0.6 is 23.1 Å². The first kappa shape index (κ1) is 14.6. The van der Waals surface area contributed by atoms with E-state index in [1.807, 2.05) is 29.3 Å². The molecule has 0 saturated carbocycles. The maximum absolute atomic E-state index is 12.3. The van der Waals surface area contributed by atoms with Crippen LogP contribution in [-0.4, -0.2) is 55.5 Å². The number of nitrogens with zero attached hydrogens (tertiary/aromatic N) is 4. The number of aliphatic hydroxyl groups is 1. The number of thioether (sulfide) groups is 1. The van der Waals surface area contributed by atoms with E-state index in [2.05, 4.69) is 10.3 Å². The Balaban J connectivity index is 1.64. The highest BCUT2D eigenvalue weighted by atomic mass is 32.2. The van der Waals surface area contributed by atoms with Gasteiger partial charge in [-0.2, -0.15) is 11.8 Å². The van der Waals surface area contributed by atoms with Gasteiger partial charge in [0.25, 0.3) is 5.91 Å². The number of thiophene rings is 1. The fraction of sp³-hybridized carbons (Fsp3) is 0.462. The fourth-order valence-electron chi connectivity index (χ4n) is 2.16. The molecule has 2 aromatic rings. The van der Waals surface area contributed by atoms with Gasteiger partial charge >= 0.3 is 0 Å². The van der Waals surface area contributed by atoms with Crippen LogP contribution in [-0.2, 0) is 6.54 Å². The topological polar surface area (TPSA) is 71.2 Å². The zero-order valence-electron chi connectivity index (χ0n) is 11.4. The molecule has 2 aromatic heterocycles. The second-order valence-electron chi connectivity index (χ2n) is 4.76. The van der Waals surface area contributed by atoms with Crippen molar-refractivity contribution in [1.82, 2.24) is 19.9 Å². The Morgan fingerprint density at radius 2 is 2.24 bits per heavy atom. The summed E-state index contributed by atoms with van der Waals surface area (Å²) in [6.45, 7) is 1.82. The molecular weight excluding hydrogens is 308 g/mol. The minimum Gasteiger partial charge on any atom is -0.386 e. The standard InChI is InChI=1S/C13H16N4O2S2/c18-11(12-2-1-5-21-12)9-17-8-10(14-15-17)13(19)16-3-6-20-7-4-16/h1-2,5,8,11,18H,3-4,6-7,9H2/t11-/m1/s1. The predicted molar refractivity (Wildman–Crippen MR) is 82.5 cm³/mol. The third kappa shape index (κ3) is 3.45. The maximum atomic E-state index is 12.3. The van der Waals surface area contributed by atoms with E-state index in [9.17, 15) is 9.90 Å². The van der Waals surface area contributed by atoms with E-state index in [1.165, 1.54) is 16.0 Å². The number of carbonyl (C=O) groups excluding carboxylic acids is 1. The molecular formula is C13H16N4O2S2. The molecule has 112 valence electrons. The van der Waals surface area contributed by atoms with E-state index in [-0.39, 0.29) is 5.91 Å². The summed E-state index contributed by atoms with van der Waals surface area (Å²) < 4.78 is 1.52.